The number of hydrogen-bond donors (Lipinski definition) is 1. The van der Waals surface area contributed by atoms with Crippen molar-refractivity contribution in [3.63, 3.8) is 0 Å². The number of amides is 1. The summed E-state index contributed by atoms with van der Waals surface area (Å²) in [5.41, 5.74) is 1.09. The SMILES string of the molecule is CCC1CN(CC(=O)NCCC2CCCN2C)Cc2ccc(Cl)cc2O1. The van der Waals surface area contributed by atoms with Gasteiger partial charge in [0.15, 0.2) is 0 Å². The average molecular weight is 380 g/mol. The van der Waals surface area contributed by atoms with Gasteiger partial charge in [-0.25, -0.2) is 0 Å². The minimum atomic E-state index is 0.0784. The molecule has 5 nitrogen and oxygen atoms in total. The summed E-state index contributed by atoms with van der Waals surface area (Å²) in [5.74, 6) is 0.939. The lowest BCUT2D eigenvalue weighted by Gasteiger charge is -2.23. The maximum atomic E-state index is 12.4. The Kier molecular flexibility index (Phi) is 6.79. The zero-order chi connectivity index (χ0) is 18.5. The smallest absolute Gasteiger partial charge is 0.234 e. The maximum absolute atomic E-state index is 12.4. The number of nitrogens with zero attached hydrogens (tertiary/aromatic N) is 2. The van der Waals surface area contributed by atoms with Crippen LogP contribution in [0.1, 0.15) is 38.2 Å². The second kappa shape index (κ2) is 9.07. The van der Waals surface area contributed by atoms with E-state index in [4.69, 9.17) is 16.3 Å². The van der Waals surface area contributed by atoms with E-state index < -0.39 is 0 Å². The molecular weight excluding hydrogens is 350 g/mol. The first kappa shape index (κ1) is 19.5. The number of likely N-dealkylation sites (tertiary alicyclic amines) is 1. The number of rotatable bonds is 6. The minimum Gasteiger partial charge on any atom is -0.489 e. The summed E-state index contributed by atoms with van der Waals surface area (Å²) in [7, 11) is 2.17. The molecule has 2 unspecified atom stereocenters. The molecule has 26 heavy (non-hydrogen) atoms. The van der Waals surface area contributed by atoms with Gasteiger partial charge in [-0.2, -0.15) is 0 Å². The molecule has 0 radical (unpaired) electrons. The van der Waals surface area contributed by atoms with E-state index in [1.165, 1.54) is 19.4 Å². The van der Waals surface area contributed by atoms with Crippen LogP contribution >= 0.6 is 11.6 Å². The summed E-state index contributed by atoms with van der Waals surface area (Å²) in [6.45, 7) is 5.90. The monoisotopic (exact) mass is 379 g/mol. The highest BCUT2D eigenvalue weighted by atomic mass is 35.5. The molecule has 0 spiro atoms. The molecule has 1 N–H and O–H groups in total. The summed E-state index contributed by atoms with van der Waals surface area (Å²) in [6.07, 6.45) is 4.52. The molecule has 3 rings (SSSR count). The van der Waals surface area contributed by atoms with E-state index in [9.17, 15) is 4.79 Å². The third-order valence-corrected chi connectivity index (χ3v) is 5.71. The topological polar surface area (TPSA) is 44.8 Å². The van der Waals surface area contributed by atoms with Crippen molar-refractivity contribution in [2.45, 2.75) is 51.3 Å². The Labute approximate surface area is 161 Å². The number of hydrogen-bond acceptors (Lipinski definition) is 4. The van der Waals surface area contributed by atoms with Gasteiger partial charge >= 0.3 is 0 Å². The molecule has 2 aliphatic rings. The van der Waals surface area contributed by atoms with Crippen LogP contribution in [0.2, 0.25) is 5.02 Å². The van der Waals surface area contributed by atoms with E-state index in [0.717, 1.165) is 37.2 Å². The molecule has 6 heteroatoms. The highest BCUT2D eigenvalue weighted by Gasteiger charge is 2.24. The molecule has 0 aliphatic carbocycles. The highest BCUT2D eigenvalue weighted by Crippen LogP contribution is 2.29. The largest absolute Gasteiger partial charge is 0.489 e. The van der Waals surface area contributed by atoms with Crippen molar-refractivity contribution < 1.29 is 9.53 Å². The number of halogens is 1. The molecule has 0 aromatic heterocycles. The van der Waals surface area contributed by atoms with Gasteiger partial charge in [-0.15, -0.1) is 0 Å². The van der Waals surface area contributed by atoms with Crippen LogP contribution in [-0.2, 0) is 11.3 Å². The van der Waals surface area contributed by atoms with Gasteiger partial charge in [-0.3, -0.25) is 9.69 Å². The van der Waals surface area contributed by atoms with Crippen LogP contribution in [0.4, 0.5) is 0 Å². The molecule has 2 atom stereocenters. The van der Waals surface area contributed by atoms with Gasteiger partial charge in [-0.05, 0) is 51.4 Å². The van der Waals surface area contributed by atoms with E-state index in [0.29, 0.717) is 24.2 Å². The Bertz CT molecular complexity index is 625. The summed E-state index contributed by atoms with van der Waals surface area (Å²) >= 11 is 6.10. The number of nitrogens with one attached hydrogen (secondary N) is 1. The summed E-state index contributed by atoms with van der Waals surface area (Å²) in [5, 5.41) is 3.78. The molecule has 2 heterocycles. The molecule has 1 saturated heterocycles. The fourth-order valence-electron chi connectivity index (χ4n) is 3.89. The van der Waals surface area contributed by atoms with Crippen molar-refractivity contribution in [2.24, 2.45) is 0 Å². The predicted molar refractivity (Wildman–Crippen MR) is 105 cm³/mol. The first-order valence-electron chi connectivity index (χ1n) is 9.69. The van der Waals surface area contributed by atoms with Crippen molar-refractivity contribution in [2.75, 3.05) is 33.2 Å². The third-order valence-electron chi connectivity index (χ3n) is 5.47. The Hall–Kier alpha value is -1.30. The normalized spacial score (nSPS) is 24.0. The van der Waals surface area contributed by atoms with Crippen molar-refractivity contribution in [3.8, 4) is 5.75 Å². The number of benzene rings is 1. The van der Waals surface area contributed by atoms with Gasteiger partial charge in [-0.1, -0.05) is 24.6 Å². The van der Waals surface area contributed by atoms with Gasteiger partial charge in [0.2, 0.25) is 5.91 Å². The first-order valence-corrected chi connectivity index (χ1v) is 10.1. The summed E-state index contributed by atoms with van der Waals surface area (Å²) < 4.78 is 6.10. The number of carbonyl (C=O) groups excluding carboxylic acids is 1. The zero-order valence-electron chi connectivity index (χ0n) is 15.8. The van der Waals surface area contributed by atoms with E-state index in [1.54, 1.807) is 0 Å². The van der Waals surface area contributed by atoms with Crippen LogP contribution < -0.4 is 10.1 Å². The van der Waals surface area contributed by atoms with Gasteiger partial charge in [0.05, 0.1) is 6.54 Å². The molecule has 0 bridgehead atoms. The van der Waals surface area contributed by atoms with Crippen molar-refractivity contribution in [3.05, 3.63) is 28.8 Å². The lowest BCUT2D eigenvalue weighted by Crippen LogP contribution is -2.41. The van der Waals surface area contributed by atoms with Crippen LogP contribution in [0.15, 0.2) is 18.2 Å². The molecule has 0 saturated carbocycles. The predicted octanol–water partition coefficient (Wildman–Crippen LogP) is 2.91. The Balaban J connectivity index is 1.52. The van der Waals surface area contributed by atoms with Crippen molar-refractivity contribution >= 4 is 17.5 Å². The van der Waals surface area contributed by atoms with Gasteiger partial charge in [0.1, 0.15) is 11.9 Å². The molecule has 1 fully saturated rings. The number of fused-ring (bicyclic) bond motifs is 1. The van der Waals surface area contributed by atoms with Crippen LogP contribution in [-0.4, -0.2) is 61.1 Å². The van der Waals surface area contributed by atoms with Gasteiger partial charge in [0.25, 0.3) is 0 Å². The second-order valence-electron chi connectivity index (χ2n) is 7.49. The maximum Gasteiger partial charge on any atom is 0.234 e. The Morgan fingerprint density at radius 2 is 2.27 bits per heavy atom. The van der Waals surface area contributed by atoms with E-state index in [1.807, 2.05) is 18.2 Å². The summed E-state index contributed by atoms with van der Waals surface area (Å²) in [6, 6.07) is 6.37. The van der Waals surface area contributed by atoms with Crippen molar-refractivity contribution in [1.29, 1.82) is 0 Å². The number of ether oxygens (including phenoxy) is 1. The minimum absolute atomic E-state index is 0.0784. The molecule has 144 valence electrons. The molecular formula is C20H30ClN3O2. The standard InChI is InChI=1S/C20H30ClN3O2/c1-3-18-13-24(12-15-6-7-16(21)11-19(15)26-18)14-20(25)22-9-8-17-5-4-10-23(17)2/h6-7,11,17-18H,3-5,8-10,12-14H2,1-2H3,(H,22,25). The molecule has 2 aliphatic heterocycles. The first-order chi connectivity index (χ1) is 12.5. The van der Waals surface area contributed by atoms with E-state index in [2.05, 4.69) is 29.1 Å². The van der Waals surface area contributed by atoms with Crippen LogP contribution in [0.5, 0.6) is 5.75 Å². The zero-order valence-corrected chi connectivity index (χ0v) is 16.6. The van der Waals surface area contributed by atoms with E-state index in [-0.39, 0.29) is 12.0 Å². The quantitative estimate of drug-likeness (QED) is 0.825. The Morgan fingerprint density at radius 3 is 3.00 bits per heavy atom. The average Bonchev–Trinajstić information content (AvgIpc) is 2.92. The molecule has 1 aromatic rings. The van der Waals surface area contributed by atoms with E-state index >= 15 is 0 Å². The molecule has 1 aromatic carbocycles. The third kappa shape index (κ3) is 5.12. The van der Waals surface area contributed by atoms with Crippen molar-refractivity contribution in [1.82, 2.24) is 15.1 Å². The second-order valence-corrected chi connectivity index (χ2v) is 7.92. The van der Waals surface area contributed by atoms with Crippen LogP contribution in [0.3, 0.4) is 0 Å². The lowest BCUT2D eigenvalue weighted by atomic mass is 10.1. The number of carbonyl (C=O) groups is 1. The fraction of sp³-hybridized carbons (Fsp3) is 0.650. The van der Waals surface area contributed by atoms with Gasteiger partial charge < -0.3 is 15.0 Å². The fourth-order valence-corrected chi connectivity index (χ4v) is 4.06. The van der Waals surface area contributed by atoms with Gasteiger partial charge in [0, 0.05) is 36.3 Å². The van der Waals surface area contributed by atoms with Crippen LogP contribution in [0, 0.1) is 0 Å². The lowest BCUT2D eigenvalue weighted by molar-refractivity contribution is -0.122. The molecule has 1 amide bonds. The van der Waals surface area contributed by atoms with Crippen LogP contribution in [0.25, 0.3) is 0 Å². The summed E-state index contributed by atoms with van der Waals surface area (Å²) in [4.78, 5) is 17.0. The highest BCUT2D eigenvalue weighted by molar-refractivity contribution is 6.30. The Morgan fingerprint density at radius 1 is 1.42 bits per heavy atom.